The molecule has 0 spiro atoms. The van der Waals surface area contributed by atoms with Gasteiger partial charge in [-0.3, -0.25) is 4.79 Å². The van der Waals surface area contributed by atoms with Crippen molar-refractivity contribution in [2.45, 2.75) is 122 Å². The van der Waals surface area contributed by atoms with Crippen molar-refractivity contribution < 1.29 is 4.79 Å². The van der Waals surface area contributed by atoms with E-state index in [0.29, 0.717) is 6.42 Å². The maximum Gasteiger partial charge on any atom is 0.221 e. The first-order chi connectivity index (χ1) is 11.8. The van der Waals surface area contributed by atoms with Gasteiger partial charge in [0.05, 0.1) is 0 Å². The van der Waals surface area contributed by atoms with E-state index in [1.165, 1.54) is 89.9 Å². The molecule has 24 heavy (non-hydrogen) atoms. The van der Waals surface area contributed by atoms with E-state index in [-0.39, 0.29) is 5.24 Å². The van der Waals surface area contributed by atoms with Crippen molar-refractivity contribution in [3.8, 4) is 0 Å². The van der Waals surface area contributed by atoms with Gasteiger partial charge < -0.3 is 0 Å². The Bertz CT molecular complexity index is 286. The molecule has 0 aliphatic carbocycles. The fourth-order valence-corrected chi connectivity index (χ4v) is 3.18. The number of allylic oxidation sites excluding steroid dienone is 2. The van der Waals surface area contributed by atoms with Crippen molar-refractivity contribution in [2.24, 2.45) is 0 Å². The molecule has 0 saturated carbocycles. The molecule has 0 fully saturated rings. The average Bonchev–Trinajstić information content (AvgIpc) is 2.56. The van der Waals surface area contributed by atoms with Gasteiger partial charge >= 0.3 is 0 Å². The third-order valence-corrected chi connectivity index (χ3v) is 4.82. The predicted octanol–water partition coefficient (Wildman–Crippen LogP) is 8.35. The van der Waals surface area contributed by atoms with Gasteiger partial charge in [-0.2, -0.15) is 0 Å². The number of carbonyl (C=O) groups is 1. The van der Waals surface area contributed by atoms with Crippen molar-refractivity contribution >= 4 is 16.8 Å². The fourth-order valence-electron chi connectivity index (χ4n) is 3.04. The summed E-state index contributed by atoms with van der Waals surface area (Å²) in [7, 11) is 0. The SMILES string of the molecule is CCCCCCCCCCCCCCC/C=C/CCCCC(=O)Cl. The van der Waals surface area contributed by atoms with Crippen LogP contribution in [-0.4, -0.2) is 5.24 Å². The molecule has 0 N–H and O–H groups in total. The Morgan fingerprint density at radius 3 is 1.42 bits per heavy atom. The highest BCUT2D eigenvalue weighted by Crippen LogP contribution is 2.13. The standard InChI is InChI=1S/C22H41ClO/c1-2-3-4-5-6-7-8-9-10-11-12-13-14-15-16-17-18-19-20-21-22(23)24/h16-17H,2-15,18-21H2,1H3/b17-16+. The lowest BCUT2D eigenvalue weighted by molar-refractivity contribution is -0.111. The van der Waals surface area contributed by atoms with Crippen molar-refractivity contribution in [3.63, 3.8) is 0 Å². The molecule has 0 atom stereocenters. The second-order valence-corrected chi connectivity index (χ2v) is 7.53. The molecule has 0 unspecified atom stereocenters. The molecular formula is C22H41ClO. The van der Waals surface area contributed by atoms with Crippen LogP contribution in [0, 0.1) is 0 Å². The molecule has 0 amide bonds. The molecular weight excluding hydrogens is 316 g/mol. The molecule has 0 aliphatic heterocycles. The quantitative estimate of drug-likeness (QED) is 0.129. The van der Waals surface area contributed by atoms with E-state index in [0.717, 1.165) is 19.3 Å². The lowest BCUT2D eigenvalue weighted by Gasteiger charge is -2.02. The summed E-state index contributed by atoms with van der Waals surface area (Å²) < 4.78 is 0. The van der Waals surface area contributed by atoms with Gasteiger partial charge in [-0.15, -0.1) is 0 Å². The van der Waals surface area contributed by atoms with E-state index in [1.54, 1.807) is 0 Å². The lowest BCUT2D eigenvalue weighted by atomic mass is 10.0. The van der Waals surface area contributed by atoms with Gasteiger partial charge in [0.2, 0.25) is 5.24 Å². The third-order valence-electron chi connectivity index (χ3n) is 4.64. The maximum atomic E-state index is 10.6. The van der Waals surface area contributed by atoms with Gasteiger partial charge in [0.1, 0.15) is 0 Å². The van der Waals surface area contributed by atoms with Crippen LogP contribution in [0.3, 0.4) is 0 Å². The zero-order valence-corrected chi connectivity index (χ0v) is 16.9. The summed E-state index contributed by atoms with van der Waals surface area (Å²) in [6.45, 7) is 2.28. The Balaban J connectivity index is 3.05. The summed E-state index contributed by atoms with van der Waals surface area (Å²) in [6.07, 6.45) is 27.8. The van der Waals surface area contributed by atoms with Gasteiger partial charge in [-0.05, 0) is 43.7 Å². The average molecular weight is 357 g/mol. The van der Waals surface area contributed by atoms with Gasteiger partial charge in [-0.25, -0.2) is 0 Å². The van der Waals surface area contributed by atoms with Crippen LogP contribution in [0.4, 0.5) is 0 Å². The van der Waals surface area contributed by atoms with Crippen LogP contribution >= 0.6 is 11.6 Å². The van der Waals surface area contributed by atoms with Gasteiger partial charge in [-0.1, -0.05) is 96.1 Å². The maximum absolute atomic E-state index is 10.6. The number of unbranched alkanes of at least 4 members (excludes halogenated alkanes) is 15. The monoisotopic (exact) mass is 356 g/mol. The van der Waals surface area contributed by atoms with Crippen LogP contribution in [0.15, 0.2) is 12.2 Å². The number of halogens is 1. The normalized spacial score (nSPS) is 11.4. The summed E-state index contributed by atoms with van der Waals surface area (Å²) in [5, 5.41) is -0.203. The third kappa shape index (κ3) is 21.7. The van der Waals surface area contributed by atoms with E-state index >= 15 is 0 Å². The largest absolute Gasteiger partial charge is 0.281 e. The zero-order chi connectivity index (χ0) is 17.7. The molecule has 0 rings (SSSR count). The van der Waals surface area contributed by atoms with Crippen molar-refractivity contribution in [1.29, 1.82) is 0 Å². The molecule has 0 heterocycles. The van der Waals surface area contributed by atoms with Crippen LogP contribution in [0.25, 0.3) is 0 Å². The van der Waals surface area contributed by atoms with Crippen LogP contribution in [-0.2, 0) is 4.79 Å². The Kier molecular flexibility index (Phi) is 20.5. The number of hydrogen-bond acceptors (Lipinski definition) is 1. The molecule has 2 heteroatoms. The molecule has 142 valence electrons. The van der Waals surface area contributed by atoms with Gasteiger partial charge in [0.15, 0.2) is 0 Å². The summed E-state index contributed by atoms with van der Waals surface area (Å²) in [5.41, 5.74) is 0. The van der Waals surface area contributed by atoms with Gasteiger partial charge in [0.25, 0.3) is 0 Å². The van der Waals surface area contributed by atoms with Crippen molar-refractivity contribution in [1.82, 2.24) is 0 Å². The summed E-state index contributed by atoms with van der Waals surface area (Å²) >= 11 is 5.30. The van der Waals surface area contributed by atoms with Crippen LogP contribution < -0.4 is 0 Å². The second-order valence-electron chi connectivity index (χ2n) is 7.10. The van der Waals surface area contributed by atoms with Crippen molar-refractivity contribution in [3.05, 3.63) is 12.2 Å². The first-order valence-corrected chi connectivity index (χ1v) is 11.0. The topological polar surface area (TPSA) is 17.1 Å². The Morgan fingerprint density at radius 2 is 1.00 bits per heavy atom. The van der Waals surface area contributed by atoms with E-state index in [9.17, 15) is 4.79 Å². The molecule has 0 saturated heterocycles. The first kappa shape index (κ1) is 23.7. The molecule has 0 radical (unpaired) electrons. The highest BCUT2D eigenvalue weighted by molar-refractivity contribution is 6.63. The van der Waals surface area contributed by atoms with Crippen LogP contribution in [0.1, 0.15) is 122 Å². The Morgan fingerprint density at radius 1 is 0.625 bits per heavy atom. The summed E-state index contributed by atoms with van der Waals surface area (Å²) in [4.78, 5) is 10.6. The van der Waals surface area contributed by atoms with E-state index in [4.69, 9.17) is 11.6 Å². The highest BCUT2D eigenvalue weighted by atomic mass is 35.5. The summed E-state index contributed by atoms with van der Waals surface area (Å²) in [5.74, 6) is 0. The predicted molar refractivity (Wildman–Crippen MR) is 109 cm³/mol. The molecule has 0 aromatic heterocycles. The van der Waals surface area contributed by atoms with E-state index in [2.05, 4.69) is 19.1 Å². The number of carbonyl (C=O) groups excluding carboxylic acids is 1. The lowest BCUT2D eigenvalue weighted by Crippen LogP contribution is -1.84. The fraction of sp³-hybridized carbons (Fsp3) is 0.864. The van der Waals surface area contributed by atoms with Crippen LogP contribution in [0.2, 0.25) is 0 Å². The summed E-state index contributed by atoms with van der Waals surface area (Å²) in [6, 6.07) is 0. The molecule has 0 bridgehead atoms. The Hall–Kier alpha value is -0.300. The molecule has 0 aromatic carbocycles. The smallest absolute Gasteiger partial charge is 0.221 e. The molecule has 1 nitrogen and oxygen atoms in total. The second kappa shape index (κ2) is 20.7. The minimum absolute atomic E-state index is 0.203. The first-order valence-electron chi connectivity index (χ1n) is 10.6. The van der Waals surface area contributed by atoms with Crippen molar-refractivity contribution in [2.75, 3.05) is 0 Å². The highest BCUT2D eigenvalue weighted by Gasteiger charge is 1.95. The molecule has 0 aliphatic rings. The number of rotatable bonds is 19. The minimum Gasteiger partial charge on any atom is -0.281 e. The zero-order valence-electron chi connectivity index (χ0n) is 16.2. The number of hydrogen-bond donors (Lipinski definition) is 0. The Labute approximate surface area is 156 Å². The van der Waals surface area contributed by atoms with Gasteiger partial charge in [0, 0.05) is 6.42 Å². The van der Waals surface area contributed by atoms with E-state index in [1.807, 2.05) is 0 Å². The molecule has 0 aromatic rings. The van der Waals surface area contributed by atoms with Crippen LogP contribution in [0.5, 0.6) is 0 Å². The van der Waals surface area contributed by atoms with E-state index < -0.39 is 0 Å². The minimum atomic E-state index is -0.203.